The zero-order valence-electron chi connectivity index (χ0n) is 14.3. The van der Waals surface area contributed by atoms with Crippen LogP contribution in [0.1, 0.15) is 58.1 Å². The van der Waals surface area contributed by atoms with Crippen molar-refractivity contribution in [2.75, 3.05) is 12.9 Å². The van der Waals surface area contributed by atoms with Crippen molar-refractivity contribution >= 4 is 11.8 Å². The second kappa shape index (κ2) is 10.1. The number of hydrogen-bond acceptors (Lipinski definition) is 3. The van der Waals surface area contributed by atoms with Gasteiger partial charge in [0.25, 0.3) is 0 Å². The van der Waals surface area contributed by atoms with E-state index >= 15 is 0 Å². The minimum atomic E-state index is 0.647. The normalized spacial score (nSPS) is 17.3. The summed E-state index contributed by atoms with van der Waals surface area (Å²) in [7, 11) is 1.77. The standard InChI is InChI=1S/C16H25NOS.C2H6/c1-4-6-7-14-11-19-16-9-12(5-2)15(18-3)8-13(16)10-17-14;1-2/h8-9,14,17H,4-7,10-11H2,1-3H3;1-2H3. The molecule has 1 aliphatic heterocycles. The average Bonchev–Trinajstić information content (AvgIpc) is 2.75. The highest BCUT2D eigenvalue weighted by Gasteiger charge is 2.17. The molecule has 0 aromatic heterocycles. The third-order valence-electron chi connectivity index (χ3n) is 3.77. The Bertz CT molecular complexity index is 385. The minimum Gasteiger partial charge on any atom is -0.496 e. The first-order chi connectivity index (χ1) is 10.3. The van der Waals surface area contributed by atoms with Crippen molar-refractivity contribution < 1.29 is 4.74 Å². The van der Waals surface area contributed by atoms with Gasteiger partial charge in [-0.2, -0.15) is 0 Å². The number of benzene rings is 1. The van der Waals surface area contributed by atoms with Crippen molar-refractivity contribution in [2.45, 2.75) is 70.9 Å². The quantitative estimate of drug-likeness (QED) is 0.823. The number of nitrogens with one attached hydrogen (secondary N) is 1. The molecule has 0 fully saturated rings. The molecule has 2 rings (SSSR count). The Kier molecular flexibility index (Phi) is 8.86. The molecular weight excluding hydrogens is 278 g/mol. The van der Waals surface area contributed by atoms with Crippen LogP contribution >= 0.6 is 11.8 Å². The topological polar surface area (TPSA) is 21.3 Å². The fourth-order valence-corrected chi connectivity index (χ4v) is 3.73. The van der Waals surface area contributed by atoms with Crippen LogP contribution in [-0.4, -0.2) is 18.9 Å². The molecule has 0 saturated heterocycles. The van der Waals surface area contributed by atoms with Crippen LogP contribution in [0.3, 0.4) is 0 Å². The molecule has 21 heavy (non-hydrogen) atoms. The molecular formula is C18H31NOS. The largest absolute Gasteiger partial charge is 0.496 e. The van der Waals surface area contributed by atoms with E-state index in [1.165, 1.54) is 41.0 Å². The van der Waals surface area contributed by atoms with Gasteiger partial charge in [0, 0.05) is 23.2 Å². The molecule has 1 heterocycles. The molecule has 0 radical (unpaired) electrons. The summed E-state index contributed by atoms with van der Waals surface area (Å²) in [5.41, 5.74) is 2.71. The molecule has 1 aliphatic rings. The maximum Gasteiger partial charge on any atom is 0.122 e. The van der Waals surface area contributed by atoms with Crippen LogP contribution in [0, 0.1) is 0 Å². The summed E-state index contributed by atoms with van der Waals surface area (Å²) in [5, 5.41) is 3.68. The second-order valence-electron chi connectivity index (χ2n) is 5.16. The molecule has 1 atom stereocenters. The number of methoxy groups -OCH3 is 1. The Morgan fingerprint density at radius 2 is 2.05 bits per heavy atom. The molecule has 0 aliphatic carbocycles. The molecule has 0 bridgehead atoms. The first kappa shape index (κ1) is 18.4. The first-order valence-electron chi connectivity index (χ1n) is 8.34. The van der Waals surface area contributed by atoms with Crippen molar-refractivity contribution in [3.8, 4) is 5.75 Å². The van der Waals surface area contributed by atoms with E-state index in [4.69, 9.17) is 4.74 Å². The van der Waals surface area contributed by atoms with E-state index in [1.807, 2.05) is 25.6 Å². The number of thioether (sulfide) groups is 1. The summed E-state index contributed by atoms with van der Waals surface area (Å²) in [6, 6.07) is 5.19. The lowest BCUT2D eigenvalue weighted by atomic mass is 10.1. The van der Waals surface area contributed by atoms with E-state index in [0.717, 1.165) is 18.7 Å². The molecule has 1 aromatic rings. The monoisotopic (exact) mass is 309 g/mol. The predicted molar refractivity (Wildman–Crippen MR) is 94.6 cm³/mol. The summed E-state index contributed by atoms with van der Waals surface area (Å²) in [6.45, 7) is 9.42. The summed E-state index contributed by atoms with van der Waals surface area (Å²) < 4.78 is 5.50. The van der Waals surface area contributed by atoms with E-state index < -0.39 is 0 Å². The van der Waals surface area contributed by atoms with Crippen LogP contribution in [0.5, 0.6) is 5.75 Å². The number of ether oxygens (including phenoxy) is 1. The fourth-order valence-electron chi connectivity index (χ4n) is 2.52. The molecule has 120 valence electrons. The van der Waals surface area contributed by atoms with Gasteiger partial charge < -0.3 is 10.1 Å². The highest BCUT2D eigenvalue weighted by atomic mass is 32.2. The fraction of sp³-hybridized carbons (Fsp3) is 0.667. The van der Waals surface area contributed by atoms with Gasteiger partial charge >= 0.3 is 0 Å². The van der Waals surface area contributed by atoms with Crippen LogP contribution in [0.2, 0.25) is 0 Å². The lowest BCUT2D eigenvalue weighted by Crippen LogP contribution is -2.29. The van der Waals surface area contributed by atoms with E-state index in [1.54, 1.807) is 7.11 Å². The van der Waals surface area contributed by atoms with Crippen molar-refractivity contribution in [3.05, 3.63) is 23.3 Å². The van der Waals surface area contributed by atoms with Gasteiger partial charge in [-0.05, 0) is 36.1 Å². The Hall–Kier alpha value is -0.670. The van der Waals surface area contributed by atoms with Crippen LogP contribution in [0.15, 0.2) is 17.0 Å². The maximum atomic E-state index is 5.50. The molecule has 1 unspecified atom stereocenters. The van der Waals surface area contributed by atoms with Crippen LogP contribution in [-0.2, 0) is 13.0 Å². The smallest absolute Gasteiger partial charge is 0.122 e. The highest BCUT2D eigenvalue weighted by molar-refractivity contribution is 7.99. The number of hydrogen-bond donors (Lipinski definition) is 1. The summed E-state index contributed by atoms with van der Waals surface area (Å²) in [5.74, 6) is 2.22. The third kappa shape index (κ3) is 5.23. The lowest BCUT2D eigenvalue weighted by molar-refractivity contribution is 0.408. The van der Waals surface area contributed by atoms with E-state index in [0.29, 0.717) is 6.04 Å². The average molecular weight is 310 g/mol. The lowest BCUT2D eigenvalue weighted by Gasteiger charge is -2.14. The van der Waals surface area contributed by atoms with Gasteiger partial charge in [0.05, 0.1) is 7.11 Å². The zero-order chi connectivity index (χ0) is 15.7. The van der Waals surface area contributed by atoms with Crippen LogP contribution in [0.4, 0.5) is 0 Å². The molecule has 1 aromatic carbocycles. The van der Waals surface area contributed by atoms with Gasteiger partial charge in [0.2, 0.25) is 0 Å². The van der Waals surface area contributed by atoms with Gasteiger partial charge in [-0.25, -0.2) is 0 Å². The maximum absolute atomic E-state index is 5.50. The Morgan fingerprint density at radius 1 is 1.29 bits per heavy atom. The number of unbranched alkanes of at least 4 members (excludes halogenated alkanes) is 1. The van der Waals surface area contributed by atoms with Gasteiger partial charge in [-0.3, -0.25) is 0 Å². The van der Waals surface area contributed by atoms with Gasteiger partial charge in [-0.15, -0.1) is 11.8 Å². The predicted octanol–water partition coefficient (Wildman–Crippen LogP) is 5.04. The number of rotatable bonds is 5. The Morgan fingerprint density at radius 3 is 2.67 bits per heavy atom. The van der Waals surface area contributed by atoms with Crippen molar-refractivity contribution in [1.82, 2.24) is 5.32 Å². The number of aryl methyl sites for hydroxylation is 1. The molecule has 0 amide bonds. The van der Waals surface area contributed by atoms with Crippen LogP contribution < -0.4 is 10.1 Å². The summed E-state index contributed by atoms with van der Waals surface area (Å²) in [6.07, 6.45) is 4.92. The van der Waals surface area contributed by atoms with E-state index in [-0.39, 0.29) is 0 Å². The first-order valence-corrected chi connectivity index (χ1v) is 9.33. The van der Waals surface area contributed by atoms with Gasteiger partial charge in [0.15, 0.2) is 0 Å². The SMILES string of the molecule is CC.CCCCC1CSc2cc(CC)c(OC)cc2CN1. The van der Waals surface area contributed by atoms with Crippen molar-refractivity contribution in [2.24, 2.45) is 0 Å². The summed E-state index contributed by atoms with van der Waals surface area (Å²) in [4.78, 5) is 1.43. The minimum absolute atomic E-state index is 0.647. The number of fused-ring (bicyclic) bond motifs is 1. The van der Waals surface area contributed by atoms with Crippen LogP contribution in [0.25, 0.3) is 0 Å². The van der Waals surface area contributed by atoms with Crippen molar-refractivity contribution in [1.29, 1.82) is 0 Å². The second-order valence-corrected chi connectivity index (χ2v) is 6.22. The van der Waals surface area contributed by atoms with Gasteiger partial charge in [-0.1, -0.05) is 40.5 Å². The molecule has 3 heteroatoms. The highest BCUT2D eigenvalue weighted by Crippen LogP contribution is 2.33. The Balaban J connectivity index is 0.00000106. The van der Waals surface area contributed by atoms with Crippen molar-refractivity contribution in [3.63, 3.8) is 0 Å². The van der Waals surface area contributed by atoms with Gasteiger partial charge in [0.1, 0.15) is 5.75 Å². The molecule has 0 saturated carbocycles. The third-order valence-corrected chi connectivity index (χ3v) is 5.03. The molecule has 1 N–H and O–H groups in total. The summed E-state index contributed by atoms with van der Waals surface area (Å²) >= 11 is 2.00. The molecule has 0 spiro atoms. The van der Waals surface area contributed by atoms with E-state index in [9.17, 15) is 0 Å². The molecule has 2 nitrogen and oxygen atoms in total. The Labute approximate surface area is 135 Å². The van der Waals surface area contributed by atoms with E-state index in [2.05, 4.69) is 31.3 Å². The zero-order valence-corrected chi connectivity index (χ0v) is 15.1.